The van der Waals surface area contributed by atoms with Crippen LogP contribution in [0.1, 0.15) is 29.7 Å². The van der Waals surface area contributed by atoms with E-state index in [2.05, 4.69) is 15.9 Å². The number of fused-ring (bicyclic) bond motifs is 1. The Morgan fingerprint density at radius 3 is 2.55 bits per heavy atom. The van der Waals surface area contributed by atoms with Gasteiger partial charge in [-0.05, 0) is 48.9 Å². The van der Waals surface area contributed by atoms with Gasteiger partial charge < -0.3 is 9.47 Å². The Balaban J connectivity index is 1.84. The Labute approximate surface area is 230 Å². The van der Waals surface area contributed by atoms with Gasteiger partial charge in [-0.25, -0.2) is 14.2 Å². The van der Waals surface area contributed by atoms with Gasteiger partial charge in [0, 0.05) is 15.6 Å². The molecule has 3 aromatic carbocycles. The van der Waals surface area contributed by atoms with E-state index < -0.39 is 17.8 Å². The number of thiazole rings is 1. The minimum Gasteiger partial charge on any atom is -0.496 e. The molecule has 1 atom stereocenters. The topological polar surface area (TPSA) is 69.9 Å². The molecule has 6 nitrogen and oxygen atoms in total. The molecule has 1 unspecified atom stereocenters. The van der Waals surface area contributed by atoms with Crippen LogP contribution in [0.2, 0.25) is 0 Å². The molecule has 0 saturated carbocycles. The summed E-state index contributed by atoms with van der Waals surface area (Å²) in [5.74, 6) is -0.411. The molecule has 9 heteroatoms. The van der Waals surface area contributed by atoms with Crippen LogP contribution in [0, 0.1) is 5.82 Å². The third kappa shape index (κ3) is 4.87. The van der Waals surface area contributed by atoms with Crippen molar-refractivity contribution in [3.8, 4) is 5.75 Å². The Hall–Kier alpha value is -3.82. The third-order valence-corrected chi connectivity index (χ3v) is 7.51. The molecule has 0 spiro atoms. The fourth-order valence-electron chi connectivity index (χ4n) is 4.36. The minimum absolute atomic E-state index is 0.146. The van der Waals surface area contributed by atoms with Crippen molar-refractivity contribution >= 4 is 45.0 Å². The molecule has 1 aliphatic rings. The number of hydrogen-bond donors (Lipinski definition) is 0. The predicted molar refractivity (Wildman–Crippen MR) is 148 cm³/mol. The van der Waals surface area contributed by atoms with E-state index in [4.69, 9.17) is 14.5 Å². The number of carbonyl (C=O) groups excluding carboxylic acids is 1. The smallest absolute Gasteiger partial charge is 0.338 e. The van der Waals surface area contributed by atoms with Crippen LogP contribution in [0.15, 0.2) is 92.6 Å². The predicted octanol–water partition coefficient (Wildman–Crippen LogP) is 4.85. The number of methoxy groups -OCH3 is 1. The first-order valence-electron chi connectivity index (χ1n) is 11.8. The number of benzene rings is 3. The molecule has 0 aliphatic carbocycles. The summed E-state index contributed by atoms with van der Waals surface area (Å²) >= 11 is 4.68. The van der Waals surface area contributed by atoms with Gasteiger partial charge in [-0.15, -0.1) is 0 Å². The van der Waals surface area contributed by atoms with Crippen molar-refractivity contribution in [2.24, 2.45) is 4.99 Å². The van der Waals surface area contributed by atoms with E-state index in [1.807, 2.05) is 42.5 Å². The van der Waals surface area contributed by atoms with Gasteiger partial charge in [0.25, 0.3) is 5.56 Å². The summed E-state index contributed by atoms with van der Waals surface area (Å²) < 4.78 is 27.5. The van der Waals surface area contributed by atoms with Gasteiger partial charge in [0.1, 0.15) is 11.6 Å². The van der Waals surface area contributed by atoms with Gasteiger partial charge >= 0.3 is 5.97 Å². The van der Waals surface area contributed by atoms with Crippen molar-refractivity contribution in [1.82, 2.24) is 4.57 Å². The number of carbonyl (C=O) groups is 1. The highest BCUT2D eigenvalue weighted by atomic mass is 79.9. The fourth-order valence-corrected chi connectivity index (χ4v) is 5.73. The van der Waals surface area contributed by atoms with Crippen molar-refractivity contribution < 1.29 is 18.7 Å². The highest BCUT2D eigenvalue weighted by molar-refractivity contribution is 9.10. The molecule has 0 bridgehead atoms. The van der Waals surface area contributed by atoms with Crippen LogP contribution >= 0.6 is 27.3 Å². The average Bonchev–Trinajstić information content (AvgIpc) is 3.23. The molecule has 4 aromatic rings. The van der Waals surface area contributed by atoms with E-state index in [1.165, 1.54) is 28.0 Å². The lowest BCUT2D eigenvalue weighted by Gasteiger charge is -2.25. The third-order valence-electron chi connectivity index (χ3n) is 6.04. The maximum absolute atomic E-state index is 13.9. The molecular formula is C29H22BrFN2O4S. The van der Waals surface area contributed by atoms with Crippen LogP contribution in [-0.4, -0.2) is 24.3 Å². The van der Waals surface area contributed by atoms with E-state index in [0.717, 1.165) is 4.47 Å². The van der Waals surface area contributed by atoms with Crippen LogP contribution in [0.4, 0.5) is 4.39 Å². The van der Waals surface area contributed by atoms with Crippen LogP contribution in [0.3, 0.4) is 0 Å². The highest BCUT2D eigenvalue weighted by Crippen LogP contribution is 2.35. The molecule has 0 radical (unpaired) electrons. The second kappa shape index (κ2) is 10.9. The van der Waals surface area contributed by atoms with Gasteiger partial charge in [-0.1, -0.05) is 69.7 Å². The molecule has 38 heavy (non-hydrogen) atoms. The highest BCUT2D eigenvalue weighted by Gasteiger charge is 2.35. The summed E-state index contributed by atoms with van der Waals surface area (Å²) in [6, 6.07) is 19.7. The number of halogens is 2. The van der Waals surface area contributed by atoms with Crippen molar-refractivity contribution in [3.05, 3.63) is 125 Å². The molecule has 0 N–H and O–H groups in total. The van der Waals surface area contributed by atoms with Crippen LogP contribution in [0.5, 0.6) is 5.75 Å². The second-order valence-electron chi connectivity index (χ2n) is 8.37. The molecule has 0 amide bonds. The van der Waals surface area contributed by atoms with E-state index in [0.29, 0.717) is 37.5 Å². The number of esters is 1. The molecule has 1 aromatic heterocycles. The monoisotopic (exact) mass is 592 g/mol. The zero-order valence-corrected chi connectivity index (χ0v) is 22.9. The zero-order chi connectivity index (χ0) is 26.8. The lowest BCUT2D eigenvalue weighted by atomic mass is 9.93. The number of aromatic nitrogens is 1. The number of rotatable bonds is 6. The Bertz CT molecular complexity index is 1730. The molecule has 2 heterocycles. The van der Waals surface area contributed by atoms with E-state index >= 15 is 0 Å². The maximum atomic E-state index is 13.9. The molecule has 5 rings (SSSR count). The van der Waals surface area contributed by atoms with E-state index in [-0.39, 0.29) is 17.7 Å². The normalized spacial score (nSPS) is 15.2. The summed E-state index contributed by atoms with van der Waals surface area (Å²) in [6.45, 7) is 1.86. The first-order valence-corrected chi connectivity index (χ1v) is 13.4. The first-order chi connectivity index (χ1) is 18.4. The Kier molecular flexibility index (Phi) is 7.40. The standard InChI is InChI=1S/C29H22BrFN2O4S/c1-3-37-28(35)24-25(17-7-5-4-6-8-17)32-29-33(26(24)18-9-12-21(31)13-10-18)27(34)23(38-29)16-19-15-20(30)11-14-22(19)36-2/h4-16,26H,3H2,1-2H3/b23-16-. The fraction of sp³-hybridized carbons (Fsp3) is 0.138. The largest absolute Gasteiger partial charge is 0.496 e. The second-order valence-corrected chi connectivity index (χ2v) is 10.3. The maximum Gasteiger partial charge on any atom is 0.338 e. The van der Waals surface area contributed by atoms with Gasteiger partial charge in [0.2, 0.25) is 0 Å². The Morgan fingerprint density at radius 2 is 1.87 bits per heavy atom. The van der Waals surface area contributed by atoms with E-state index in [9.17, 15) is 14.0 Å². The lowest BCUT2D eigenvalue weighted by Crippen LogP contribution is -2.40. The number of ether oxygens (including phenoxy) is 2. The van der Waals surface area contributed by atoms with Gasteiger partial charge in [0.15, 0.2) is 4.80 Å². The Morgan fingerprint density at radius 1 is 1.13 bits per heavy atom. The molecule has 0 fully saturated rings. The SMILES string of the molecule is CCOC(=O)C1=C(c2ccccc2)N=c2s/c(=C\c3cc(Br)ccc3OC)c(=O)n2C1c1ccc(F)cc1. The zero-order valence-electron chi connectivity index (χ0n) is 20.5. The summed E-state index contributed by atoms with van der Waals surface area (Å²) in [7, 11) is 1.56. The van der Waals surface area contributed by atoms with Crippen LogP contribution in [-0.2, 0) is 9.53 Å². The van der Waals surface area contributed by atoms with Crippen molar-refractivity contribution in [2.45, 2.75) is 13.0 Å². The van der Waals surface area contributed by atoms with Crippen LogP contribution in [0.25, 0.3) is 11.8 Å². The van der Waals surface area contributed by atoms with Crippen molar-refractivity contribution in [3.63, 3.8) is 0 Å². The summed E-state index contributed by atoms with van der Waals surface area (Å²) in [4.78, 5) is 32.5. The lowest BCUT2D eigenvalue weighted by molar-refractivity contribution is -0.138. The number of hydrogen-bond acceptors (Lipinski definition) is 6. The van der Waals surface area contributed by atoms with Gasteiger partial charge in [0.05, 0.1) is 35.6 Å². The quantitative estimate of drug-likeness (QED) is 0.300. The average molecular weight is 593 g/mol. The molecule has 192 valence electrons. The summed E-state index contributed by atoms with van der Waals surface area (Å²) in [6.07, 6.45) is 1.74. The summed E-state index contributed by atoms with van der Waals surface area (Å²) in [5.41, 5.74) is 2.26. The molecule has 1 aliphatic heterocycles. The molecular weight excluding hydrogens is 571 g/mol. The van der Waals surface area contributed by atoms with Gasteiger partial charge in [-0.2, -0.15) is 0 Å². The van der Waals surface area contributed by atoms with Crippen molar-refractivity contribution in [1.29, 1.82) is 0 Å². The van der Waals surface area contributed by atoms with Gasteiger partial charge in [-0.3, -0.25) is 9.36 Å². The van der Waals surface area contributed by atoms with Crippen molar-refractivity contribution in [2.75, 3.05) is 13.7 Å². The number of nitrogens with zero attached hydrogens (tertiary/aromatic N) is 2. The minimum atomic E-state index is -0.868. The van der Waals surface area contributed by atoms with E-state index in [1.54, 1.807) is 38.3 Å². The molecule has 0 saturated heterocycles. The summed E-state index contributed by atoms with van der Waals surface area (Å²) in [5, 5.41) is 0. The first kappa shape index (κ1) is 25.8. The van der Waals surface area contributed by atoms with Crippen LogP contribution < -0.4 is 19.6 Å².